The molecule has 2 saturated heterocycles. The Hall–Kier alpha value is -10.8. The van der Waals surface area contributed by atoms with Gasteiger partial charge in [-0.25, -0.2) is 19.2 Å². The average molecular weight is 2030 g/mol. The van der Waals surface area contributed by atoms with Crippen molar-refractivity contribution in [2.24, 2.45) is 28.9 Å². The summed E-state index contributed by atoms with van der Waals surface area (Å²) in [4.78, 5) is 207. The number of carbonyl (C=O) groups is 14. The van der Waals surface area contributed by atoms with Crippen molar-refractivity contribution in [3.63, 3.8) is 0 Å². The van der Waals surface area contributed by atoms with Crippen LogP contribution in [0.5, 0.6) is 0 Å². The molecule has 5 aromatic carbocycles. The maximum atomic E-state index is 15.9. The van der Waals surface area contributed by atoms with E-state index in [0.717, 1.165) is 43.5 Å². The van der Waals surface area contributed by atoms with E-state index in [1.54, 1.807) is 139 Å². The lowest BCUT2D eigenvalue weighted by Gasteiger charge is -2.65. The third kappa shape index (κ3) is 28.4. The van der Waals surface area contributed by atoms with Gasteiger partial charge in [-0.3, -0.25) is 47.9 Å². The summed E-state index contributed by atoms with van der Waals surface area (Å²) in [7, 11) is 6.94. The number of fused-ring (bicyclic) bond motifs is 6. The monoisotopic (exact) mass is 2030 g/mol. The summed E-state index contributed by atoms with van der Waals surface area (Å²) < 4.78 is 55.0. The van der Waals surface area contributed by atoms with Crippen molar-refractivity contribution in [3.05, 3.63) is 196 Å². The summed E-state index contributed by atoms with van der Waals surface area (Å²) in [6.45, 7) is 12.2. The number of hydrogen-bond donors (Lipinski definition) is 13. The largest absolute Gasteiger partial charge is 0.509 e. The number of methoxy groups -OCH3 is 2. The van der Waals surface area contributed by atoms with Gasteiger partial charge in [-0.15, -0.1) is 0 Å². The highest BCUT2D eigenvalue weighted by molar-refractivity contribution is 8.77. The van der Waals surface area contributed by atoms with E-state index in [0.29, 0.717) is 36.0 Å². The number of ether oxygens (including phenoxy) is 9. The molecule has 36 nitrogen and oxygen atoms in total. The van der Waals surface area contributed by atoms with E-state index in [-0.39, 0.29) is 104 Å². The van der Waals surface area contributed by atoms with Crippen LogP contribution in [-0.2, 0) is 115 Å². The minimum Gasteiger partial charge on any atom is -0.455 e. The minimum absolute atomic E-state index is 0.0251. The predicted octanol–water partition coefficient (Wildman–Crippen LogP) is 6.87. The first kappa shape index (κ1) is 111. The fourth-order valence-corrected chi connectivity index (χ4v) is 23.0. The summed E-state index contributed by atoms with van der Waals surface area (Å²) in [5.41, 5.74) is 3.29. The smallest absolute Gasteiger partial charge is 0.455 e. The minimum atomic E-state index is -2.41. The Kier molecular flexibility index (Phi) is 40.0. The average Bonchev–Trinajstić information content (AvgIpc) is 0.793. The lowest BCUT2D eigenvalue weighted by Crippen LogP contribution is -2.79. The molecule has 6 aliphatic rings. The van der Waals surface area contributed by atoms with Gasteiger partial charge in [0.25, 0.3) is 0 Å². The van der Waals surface area contributed by atoms with Gasteiger partial charge in [0, 0.05) is 94.0 Å². The van der Waals surface area contributed by atoms with Gasteiger partial charge in [0.15, 0.2) is 17.2 Å². The van der Waals surface area contributed by atoms with Crippen LogP contribution < -0.4 is 48.3 Å². The Morgan fingerprint density at radius 2 is 1.36 bits per heavy atom. The quantitative estimate of drug-likeness (QED) is 0.00639. The number of allylic oxidation sites excluding steroid dienone is 1. The second-order valence-corrected chi connectivity index (χ2v) is 42.7. The van der Waals surface area contributed by atoms with E-state index in [2.05, 4.69) is 42.5 Å². The van der Waals surface area contributed by atoms with Crippen LogP contribution in [0.2, 0.25) is 0 Å². The van der Waals surface area contributed by atoms with Crippen molar-refractivity contribution in [2.75, 3.05) is 63.6 Å². The van der Waals surface area contributed by atoms with E-state index in [9.17, 15) is 58.8 Å². The van der Waals surface area contributed by atoms with Crippen molar-refractivity contribution in [3.8, 4) is 0 Å². The third-order valence-electron chi connectivity index (χ3n) is 26.2. The number of nitrogens with two attached hydrogens (primary N) is 1. The molecule has 4 aliphatic carbocycles. The number of alkyl carbamates (subject to hydrolysis) is 1. The van der Waals surface area contributed by atoms with Crippen LogP contribution in [0.25, 0.3) is 5.57 Å². The molecule has 2 bridgehead atoms. The lowest BCUT2D eigenvalue weighted by molar-refractivity contribution is -0.333. The summed E-state index contributed by atoms with van der Waals surface area (Å²) in [6.07, 6.45) is -12.9. The van der Waals surface area contributed by atoms with Gasteiger partial charge in [-0.05, 0) is 137 Å². The van der Waals surface area contributed by atoms with E-state index in [1.807, 2.05) is 30.3 Å². The summed E-state index contributed by atoms with van der Waals surface area (Å²) in [6, 6.07) is 28.9. The highest BCUT2D eigenvalue weighted by Crippen LogP contribution is 2.62. The zero-order valence-electron chi connectivity index (χ0n) is 80.7. The number of nitrogens with one attached hydrogen (secondary N) is 8. The fourth-order valence-electron chi connectivity index (χ4n) is 18.8. The number of hydrogen-bond acceptors (Lipinski definition) is 32. The molecule has 11 rings (SSSR count). The normalized spacial score (nSPS) is 26.2. The number of ketones is 2. The van der Waals surface area contributed by atoms with Crippen LogP contribution in [0.1, 0.15) is 158 Å². The fraction of sp³-hybridized carbons (Fsp3) is 0.525. The second kappa shape index (κ2) is 51.0. The molecule has 4 fully saturated rings. The molecule has 0 spiro atoms. The molecule has 3 unspecified atom stereocenters. The molecule has 2 saturated carbocycles. The van der Waals surface area contributed by atoms with Crippen molar-refractivity contribution >= 4 is 132 Å². The molecular formula is C101H129N9O27S4. The van der Waals surface area contributed by atoms with Crippen molar-refractivity contribution in [1.29, 1.82) is 0 Å². The first-order chi connectivity index (χ1) is 67.2. The number of unbranched alkanes of at least 4 members (excludes halogenated alkanes) is 1. The van der Waals surface area contributed by atoms with Gasteiger partial charge in [0.2, 0.25) is 47.5 Å². The molecule has 0 radical (unpaired) electrons. The number of aliphatic hydroxyl groups excluding tert-OH is 3. The first-order valence-corrected chi connectivity index (χ1v) is 52.0. The number of rotatable bonds is 36. The van der Waals surface area contributed by atoms with E-state index in [1.165, 1.54) is 70.1 Å². The number of amides is 8. The molecular weight excluding hydrogens is 1900 g/mol. The summed E-state index contributed by atoms with van der Waals surface area (Å²) in [5.74, 6) is -14.6. The molecule has 14 N–H and O–H groups in total. The van der Waals surface area contributed by atoms with Crippen LogP contribution in [0.3, 0.4) is 0 Å². The molecule has 0 aromatic heterocycles. The van der Waals surface area contributed by atoms with Crippen LogP contribution in [0.4, 0.5) is 9.59 Å². The van der Waals surface area contributed by atoms with Crippen molar-refractivity contribution in [1.82, 2.24) is 42.5 Å². The number of aliphatic hydroxyl groups is 4. The van der Waals surface area contributed by atoms with Gasteiger partial charge in [-0.1, -0.05) is 197 Å². The predicted molar refractivity (Wildman–Crippen MR) is 526 cm³/mol. The van der Waals surface area contributed by atoms with Gasteiger partial charge < -0.3 is 111 Å². The van der Waals surface area contributed by atoms with Gasteiger partial charge >= 0.3 is 30.2 Å². The summed E-state index contributed by atoms with van der Waals surface area (Å²) >= 11 is 0. The van der Waals surface area contributed by atoms with Crippen molar-refractivity contribution in [2.45, 2.75) is 247 Å². The Labute approximate surface area is 835 Å². The molecule has 5 aromatic rings. The first-order valence-electron chi connectivity index (χ1n) is 47.1. The maximum Gasteiger partial charge on any atom is 0.509 e. The third-order valence-corrected chi connectivity index (χ3v) is 31.0. The highest BCUT2D eigenvalue weighted by Gasteiger charge is 2.75. The second-order valence-electron chi connectivity index (χ2n) is 37.5. The molecule has 40 heteroatoms. The standard InChI is InChI=1S/C101H129N9O27S4/c1-56-76(51-101(128)87(135-94(124)64-35-22-15-23-36-64)81-79(84(117)85(130-11)80(56)99(101,8)9)75(129-10)50-77-100(81,55-132-77)136-59(4)114)133-95(125)86(83(63-33-20-14-21-34-63)110-96(126)137-98(5,6)7)134-97(127)131-43-45-139-138-44-41-78(116)103-69(47-61-30-18-13-19-31-61)90(120)107-72-53-140-141-54-73(92(122)106-71(52-111)57(2)112)108-93(123)82(58(3)113)109-89(119)68(38-26-27-42-102)104-91(121)70(48-65-40-39-62-32-24-25-37-67(62)65)105-88(118)66(49-74(72)115)46-60-28-16-12-17-29-60/h12-25,28-37,40,57-58,66,68-73,75-77,79,81-83,85-87,111-113,128H,26-27,38-39,41-55,102H2,1-11H3,(H,103,116)(H,104,121)(H,105,118)(H,106,122)(H,107,120)(H,108,123)(H,109,119)(H,110,126)/t57-,58-,66-,68+,69-,70-,71-,72+,73+,75+,76+,77-,79?,81?,82+,83+,85-,86-,87?,100+,101-/m1/s1. The summed E-state index contributed by atoms with van der Waals surface area (Å²) in [5, 5.41) is 68.0. The zero-order valence-corrected chi connectivity index (χ0v) is 84.0. The molecule has 141 heavy (non-hydrogen) atoms. The van der Waals surface area contributed by atoms with E-state index >= 15 is 28.8 Å². The van der Waals surface area contributed by atoms with Gasteiger partial charge in [-0.2, -0.15) is 0 Å². The Morgan fingerprint density at radius 3 is 1.99 bits per heavy atom. The SMILES string of the molecule is CO[C@H]1C(=O)C2C(C(OC(=O)c3ccccc3)[C@]3(O)C[C@H](OC(=O)[C@H](OC(=O)OCCSSCCC(=O)N[C@H](Cc4ccccc4)C(=O)N[C@H]4CSSC[C@@H](C(=O)N[C@H](CO)[C@@H](C)O)NC(=O)[C@H]([C@@H](C)O)NC(=O)[C@H](CCCCN)NC(=O)[C@@H](CC5=CCc6ccccc65)NC(=O)[C@H](Cc5ccccc5)CC4=O)[C@@H](NC(=O)OC(C)(C)C)c4ccccc4)C(C)=C1C3(C)C)[C@]1(OC(C)=O)CO[C@@H]1C[C@@H]2OC. The van der Waals surface area contributed by atoms with Crippen LogP contribution in [0.15, 0.2) is 163 Å². The van der Waals surface area contributed by atoms with Gasteiger partial charge in [0.1, 0.15) is 78.5 Å². The number of Topliss-reactive ketones (excluding diaryl/α,β-unsaturated/α-hetero) is 2. The number of esters is 3. The highest BCUT2D eigenvalue weighted by atomic mass is 33.1. The van der Waals surface area contributed by atoms with Gasteiger partial charge in [0.05, 0.1) is 61.0 Å². The molecule has 2 aliphatic heterocycles. The number of benzene rings is 5. The Bertz CT molecular complexity index is 5290. The lowest BCUT2D eigenvalue weighted by atomic mass is 9.48. The topological polar surface area (TPSA) is 525 Å². The van der Waals surface area contributed by atoms with Crippen LogP contribution in [0, 0.1) is 23.2 Å². The van der Waals surface area contributed by atoms with E-state index < -0.39 is 240 Å². The maximum absolute atomic E-state index is 15.9. The molecule has 8 amide bonds. The van der Waals surface area contributed by atoms with Crippen molar-refractivity contribution < 1.29 is 130 Å². The zero-order chi connectivity index (χ0) is 102. The molecule has 2 heterocycles. The molecule has 21 atom stereocenters. The van der Waals surface area contributed by atoms with E-state index in [4.69, 9.17) is 48.4 Å². The van der Waals surface area contributed by atoms with Crippen LogP contribution in [-0.4, -0.2) is 275 Å². The Morgan fingerprint density at radius 1 is 0.723 bits per heavy atom. The molecule has 764 valence electrons. The Balaban J connectivity index is 0.825. The number of carbonyl (C=O) groups excluding carboxylic acids is 14. The van der Waals surface area contributed by atoms with Crippen LogP contribution >= 0.6 is 43.2 Å².